The molecular weight excluding hydrogens is 148 g/mol. The predicted molar refractivity (Wildman–Crippen MR) is 38.4 cm³/mol. The molecule has 2 rings (SSSR count). The molecule has 2 saturated carbocycles. The van der Waals surface area contributed by atoms with Crippen molar-refractivity contribution in [1.29, 1.82) is 0 Å². The first kappa shape index (κ1) is 7.47. The van der Waals surface area contributed by atoms with Crippen molar-refractivity contribution in [2.75, 3.05) is 6.54 Å². The zero-order valence-electron chi connectivity index (χ0n) is 6.45. The number of hydrogen-bond acceptors (Lipinski definition) is 1. The van der Waals surface area contributed by atoms with Gasteiger partial charge in [-0.1, -0.05) is 0 Å². The first-order chi connectivity index (χ1) is 5.08. The van der Waals surface area contributed by atoms with E-state index in [1.165, 1.54) is 0 Å². The van der Waals surface area contributed by atoms with Crippen LogP contribution < -0.4 is 5.73 Å². The van der Waals surface area contributed by atoms with Gasteiger partial charge in [0.05, 0.1) is 0 Å². The third kappa shape index (κ3) is 1.06. The van der Waals surface area contributed by atoms with E-state index in [2.05, 4.69) is 0 Å². The molecule has 0 heterocycles. The van der Waals surface area contributed by atoms with E-state index in [-0.39, 0.29) is 18.3 Å². The Morgan fingerprint density at radius 1 is 1.27 bits per heavy atom. The highest BCUT2D eigenvalue weighted by atomic mass is 19.3. The van der Waals surface area contributed by atoms with Crippen molar-refractivity contribution in [3.8, 4) is 0 Å². The van der Waals surface area contributed by atoms with Crippen LogP contribution in [0.3, 0.4) is 0 Å². The van der Waals surface area contributed by atoms with Crippen LogP contribution in [0, 0.1) is 11.3 Å². The highest BCUT2D eigenvalue weighted by molar-refractivity contribution is 5.07. The Morgan fingerprint density at radius 3 is 2.09 bits per heavy atom. The number of rotatable bonds is 2. The summed E-state index contributed by atoms with van der Waals surface area (Å²) in [6.45, 7) is 0.452. The van der Waals surface area contributed by atoms with E-state index in [4.69, 9.17) is 5.73 Å². The van der Waals surface area contributed by atoms with Crippen molar-refractivity contribution in [2.45, 2.75) is 31.6 Å². The summed E-state index contributed by atoms with van der Waals surface area (Å²) in [7, 11) is 0. The number of nitrogens with two attached hydrogens (primary N) is 1. The Morgan fingerprint density at radius 2 is 1.82 bits per heavy atom. The van der Waals surface area contributed by atoms with Crippen molar-refractivity contribution in [3.05, 3.63) is 0 Å². The van der Waals surface area contributed by atoms with E-state index in [0.29, 0.717) is 12.5 Å². The van der Waals surface area contributed by atoms with E-state index >= 15 is 0 Å². The van der Waals surface area contributed by atoms with E-state index in [1.54, 1.807) is 0 Å². The molecule has 0 radical (unpaired) electrons. The molecular formula is C8H13F2N. The fourth-order valence-electron chi connectivity index (χ4n) is 2.27. The molecule has 0 saturated heterocycles. The highest BCUT2D eigenvalue weighted by Crippen LogP contribution is 2.62. The summed E-state index contributed by atoms with van der Waals surface area (Å²) in [5.41, 5.74) is 5.33. The fraction of sp³-hybridized carbons (Fsp3) is 1.00. The molecule has 2 N–H and O–H groups in total. The molecule has 2 fully saturated rings. The van der Waals surface area contributed by atoms with E-state index in [9.17, 15) is 8.78 Å². The molecule has 2 aliphatic carbocycles. The summed E-state index contributed by atoms with van der Waals surface area (Å²) < 4.78 is 25.1. The minimum atomic E-state index is -2.40. The molecule has 0 atom stereocenters. The van der Waals surface area contributed by atoms with Crippen LogP contribution in [0.4, 0.5) is 8.78 Å². The second-order valence-corrected chi connectivity index (χ2v) is 4.05. The van der Waals surface area contributed by atoms with Crippen molar-refractivity contribution in [1.82, 2.24) is 0 Å². The van der Waals surface area contributed by atoms with Gasteiger partial charge in [-0.25, -0.2) is 8.78 Å². The zero-order valence-corrected chi connectivity index (χ0v) is 6.45. The van der Waals surface area contributed by atoms with Gasteiger partial charge >= 0.3 is 0 Å². The van der Waals surface area contributed by atoms with E-state index < -0.39 is 5.92 Å². The lowest BCUT2D eigenvalue weighted by molar-refractivity contribution is -0.165. The van der Waals surface area contributed by atoms with Crippen LogP contribution in [0.1, 0.15) is 25.7 Å². The standard InChI is InChI=1S/C8H13F2N/c9-8(10)3-7(4-8,5-11)6-1-2-6/h6H,1-5,11H2. The van der Waals surface area contributed by atoms with Gasteiger partial charge in [-0.15, -0.1) is 0 Å². The molecule has 0 bridgehead atoms. The average Bonchev–Trinajstić information content (AvgIpc) is 2.62. The molecule has 0 unspecified atom stereocenters. The van der Waals surface area contributed by atoms with Gasteiger partial charge in [0.15, 0.2) is 0 Å². The summed E-state index contributed by atoms with van der Waals surface area (Å²) in [4.78, 5) is 0. The van der Waals surface area contributed by atoms with Crippen LogP contribution in [-0.4, -0.2) is 12.5 Å². The molecule has 64 valence electrons. The van der Waals surface area contributed by atoms with Crippen LogP contribution >= 0.6 is 0 Å². The van der Waals surface area contributed by atoms with E-state index in [1.807, 2.05) is 0 Å². The molecule has 0 spiro atoms. The van der Waals surface area contributed by atoms with Crippen LogP contribution in [0.25, 0.3) is 0 Å². The third-order valence-electron chi connectivity index (χ3n) is 3.07. The largest absolute Gasteiger partial charge is 0.330 e. The lowest BCUT2D eigenvalue weighted by Crippen LogP contribution is -2.51. The maximum atomic E-state index is 12.6. The summed E-state index contributed by atoms with van der Waals surface area (Å²) in [5.74, 6) is -1.88. The molecule has 0 amide bonds. The molecule has 3 heteroatoms. The topological polar surface area (TPSA) is 26.0 Å². The van der Waals surface area contributed by atoms with Crippen molar-refractivity contribution >= 4 is 0 Å². The summed E-state index contributed by atoms with van der Waals surface area (Å²) in [6.07, 6.45) is 2.32. The lowest BCUT2D eigenvalue weighted by Gasteiger charge is -2.47. The van der Waals surface area contributed by atoms with Crippen LogP contribution in [0.5, 0.6) is 0 Å². The van der Waals surface area contributed by atoms with Crippen LogP contribution in [0.15, 0.2) is 0 Å². The molecule has 11 heavy (non-hydrogen) atoms. The summed E-state index contributed by atoms with van der Waals surface area (Å²) in [5, 5.41) is 0. The first-order valence-corrected chi connectivity index (χ1v) is 4.16. The first-order valence-electron chi connectivity index (χ1n) is 4.16. The Bertz CT molecular complexity index is 167. The second-order valence-electron chi connectivity index (χ2n) is 4.05. The predicted octanol–water partition coefficient (Wildman–Crippen LogP) is 1.77. The summed E-state index contributed by atoms with van der Waals surface area (Å²) >= 11 is 0. The minimum Gasteiger partial charge on any atom is -0.330 e. The van der Waals surface area contributed by atoms with Crippen molar-refractivity contribution in [2.24, 2.45) is 17.1 Å². The Balaban J connectivity index is 2.00. The average molecular weight is 161 g/mol. The molecule has 0 aromatic heterocycles. The third-order valence-corrected chi connectivity index (χ3v) is 3.07. The van der Waals surface area contributed by atoms with Gasteiger partial charge in [-0.3, -0.25) is 0 Å². The molecule has 2 aliphatic rings. The van der Waals surface area contributed by atoms with Gasteiger partial charge in [0.1, 0.15) is 0 Å². The quantitative estimate of drug-likeness (QED) is 0.656. The van der Waals surface area contributed by atoms with Gasteiger partial charge in [-0.05, 0) is 30.7 Å². The molecule has 0 aromatic carbocycles. The Labute approximate surface area is 65.0 Å². The van der Waals surface area contributed by atoms with Crippen molar-refractivity contribution < 1.29 is 8.78 Å². The Hall–Kier alpha value is -0.180. The lowest BCUT2D eigenvalue weighted by atomic mass is 9.63. The van der Waals surface area contributed by atoms with Crippen LogP contribution in [-0.2, 0) is 0 Å². The van der Waals surface area contributed by atoms with Gasteiger partial charge in [0.2, 0.25) is 5.92 Å². The van der Waals surface area contributed by atoms with Crippen molar-refractivity contribution in [3.63, 3.8) is 0 Å². The smallest absolute Gasteiger partial charge is 0.249 e. The maximum Gasteiger partial charge on any atom is 0.249 e. The van der Waals surface area contributed by atoms with Crippen LogP contribution in [0.2, 0.25) is 0 Å². The summed E-state index contributed by atoms with van der Waals surface area (Å²) in [6, 6.07) is 0. The number of alkyl halides is 2. The normalized spacial score (nSPS) is 33.0. The fourth-order valence-corrected chi connectivity index (χ4v) is 2.27. The van der Waals surface area contributed by atoms with Gasteiger partial charge in [0.25, 0.3) is 0 Å². The zero-order chi connectivity index (χ0) is 8.11. The minimum absolute atomic E-state index is 0.0428. The maximum absolute atomic E-state index is 12.6. The molecule has 0 aliphatic heterocycles. The van der Waals surface area contributed by atoms with Gasteiger partial charge in [0, 0.05) is 12.8 Å². The second kappa shape index (κ2) is 1.94. The monoisotopic (exact) mass is 161 g/mol. The number of hydrogen-bond donors (Lipinski definition) is 1. The highest BCUT2D eigenvalue weighted by Gasteiger charge is 2.61. The van der Waals surface area contributed by atoms with Gasteiger partial charge < -0.3 is 5.73 Å². The Kier molecular flexibility index (Phi) is 1.32. The SMILES string of the molecule is NCC1(C2CC2)CC(F)(F)C1. The molecule has 1 nitrogen and oxygen atoms in total. The number of halogens is 2. The molecule has 0 aromatic rings. The van der Waals surface area contributed by atoms with Gasteiger partial charge in [-0.2, -0.15) is 0 Å². The van der Waals surface area contributed by atoms with E-state index in [0.717, 1.165) is 12.8 Å².